The van der Waals surface area contributed by atoms with E-state index in [0.29, 0.717) is 0 Å². The highest BCUT2D eigenvalue weighted by Crippen LogP contribution is 2.39. The molecule has 0 amide bonds. The predicted octanol–water partition coefficient (Wildman–Crippen LogP) is 3.95. The zero-order chi connectivity index (χ0) is 14.7. The van der Waals surface area contributed by atoms with Gasteiger partial charge in [-0.25, -0.2) is 0 Å². The van der Waals surface area contributed by atoms with Crippen LogP contribution >= 0.6 is 11.6 Å². The van der Waals surface area contributed by atoms with Gasteiger partial charge in [0.15, 0.2) is 0 Å². The zero-order valence-electron chi connectivity index (χ0n) is 9.86. The van der Waals surface area contributed by atoms with Gasteiger partial charge in [-0.1, -0.05) is 29.8 Å². The third-order valence-corrected chi connectivity index (χ3v) is 2.72. The van der Waals surface area contributed by atoms with Crippen molar-refractivity contribution in [3.63, 3.8) is 0 Å². The van der Waals surface area contributed by atoms with Crippen molar-refractivity contribution in [1.29, 1.82) is 0 Å². The molecule has 0 spiro atoms. The summed E-state index contributed by atoms with van der Waals surface area (Å²) < 4.78 is 5.28. The summed E-state index contributed by atoms with van der Waals surface area (Å²) in [5.74, 6) is -0.250. The molecule has 0 aromatic heterocycles. The molecule has 102 valence electrons. The Morgan fingerprint density at radius 1 is 0.900 bits per heavy atom. The lowest BCUT2D eigenvalue weighted by atomic mass is 10.2. The van der Waals surface area contributed by atoms with Crippen LogP contribution in [0.4, 0.5) is 11.4 Å². The van der Waals surface area contributed by atoms with Crippen LogP contribution in [0, 0.1) is 20.2 Å². The molecule has 2 rings (SSSR count). The van der Waals surface area contributed by atoms with E-state index in [9.17, 15) is 20.2 Å². The zero-order valence-corrected chi connectivity index (χ0v) is 10.6. The minimum atomic E-state index is -0.702. The van der Waals surface area contributed by atoms with Crippen molar-refractivity contribution in [1.82, 2.24) is 0 Å². The molecule has 0 unspecified atom stereocenters. The molecule has 7 nitrogen and oxygen atoms in total. The van der Waals surface area contributed by atoms with Crippen LogP contribution in [0.2, 0.25) is 5.02 Å². The highest BCUT2D eigenvalue weighted by molar-refractivity contribution is 6.32. The number of halogens is 1. The molecule has 0 aliphatic heterocycles. The van der Waals surface area contributed by atoms with Crippen LogP contribution in [-0.4, -0.2) is 9.85 Å². The SMILES string of the molecule is O=[N+]([O-])c1ccccc1Oc1cccc(Cl)c1[N+](=O)[O-]. The number of hydrogen-bond donors (Lipinski definition) is 0. The minimum Gasteiger partial charge on any atom is -0.443 e. The molecule has 2 aromatic rings. The standard InChI is InChI=1S/C12H7ClN2O5/c13-8-4-3-7-11(12(8)15(18)19)20-10-6-2-1-5-9(10)14(16)17/h1-7H. The normalized spacial score (nSPS) is 10.1. The molecule has 0 radical (unpaired) electrons. The van der Waals surface area contributed by atoms with Gasteiger partial charge in [-0.3, -0.25) is 20.2 Å². The Morgan fingerprint density at radius 3 is 2.20 bits per heavy atom. The van der Waals surface area contributed by atoms with Crippen molar-refractivity contribution in [3.05, 3.63) is 67.7 Å². The van der Waals surface area contributed by atoms with Crippen LogP contribution in [0.15, 0.2) is 42.5 Å². The lowest BCUT2D eigenvalue weighted by Gasteiger charge is -2.07. The van der Waals surface area contributed by atoms with Crippen molar-refractivity contribution in [2.45, 2.75) is 0 Å². The second kappa shape index (κ2) is 5.54. The Hall–Kier alpha value is -2.67. The lowest BCUT2D eigenvalue weighted by molar-refractivity contribution is -0.387. The Balaban J connectivity index is 2.49. The van der Waals surface area contributed by atoms with Crippen LogP contribution in [0.1, 0.15) is 0 Å². The van der Waals surface area contributed by atoms with Crippen molar-refractivity contribution in [2.24, 2.45) is 0 Å². The summed E-state index contributed by atoms with van der Waals surface area (Å²) in [4.78, 5) is 20.5. The van der Waals surface area contributed by atoms with E-state index in [2.05, 4.69) is 0 Å². The average molecular weight is 295 g/mol. The van der Waals surface area contributed by atoms with Gasteiger partial charge in [0.05, 0.1) is 9.85 Å². The molecular formula is C12H7ClN2O5. The van der Waals surface area contributed by atoms with Gasteiger partial charge in [0, 0.05) is 6.07 Å². The molecule has 0 bridgehead atoms. The number of ether oxygens (including phenoxy) is 1. The molecule has 0 aliphatic rings. The molecule has 0 heterocycles. The smallest absolute Gasteiger partial charge is 0.329 e. The van der Waals surface area contributed by atoms with E-state index in [1.54, 1.807) is 0 Å². The summed E-state index contributed by atoms with van der Waals surface area (Å²) in [5, 5.41) is 21.7. The van der Waals surface area contributed by atoms with Crippen LogP contribution in [0.5, 0.6) is 11.5 Å². The van der Waals surface area contributed by atoms with Gasteiger partial charge in [-0.15, -0.1) is 0 Å². The van der Waals surface area contributed by atoms with Gasteiger partial charge in [0.2, 0.25) is 11.5 Å². The Morgan fingerprint density at radius 2 is 1.55 bits per heavy atom. The number of para-hydroxylation sites is 3. The van der Waals surface area contributed by atoms with Gasteiger partial charge >= 0.3 is 11.4 Å². The second-order valence-electron chi connectivity index (χ2n) is 3.67. The van der Waals surface area contributed by atoms with Gasteiger partial charge < -0.3 is 4.74 Å². The fraction of sp³-hybridized carbons (Fsp3) is 0. The maximum absolute atomic E-state index is 11.0. The van der Waals surface area contributed by atoms with E-state index < -0.39 is 15.5 Å². The highest BCUT2D eigenvalue weighted by Gasteiger charge is 2.23. The van der Waals surface area contributed by atoms with E-state index in [0.717, 1.165) is 0 Å². The van der Waals surface area contributed by atoms with Crippen molar-refractivity contribution in [2.75, 3.05) is 0 Å². The maximum Gasteiger partial charge on any atom is 0.329 e. The highest BCUT2D eigenvalue weighted by atomic mass is 35.5. The second-order valence-corrected chi connectivity index (χ2v) is 4.08. The third-order valence-electron chi connectivity index (χ3n) is 2.41. The fourth-order valence-electron chi connectivity index (χ4n) is 1.57. The molecule has 8 heteroatoms. The molecule has 0 atom stereocenters. The monoisotopic (exact) mass is 294 g/mol. The van der Waals surface area contributed by atoms with Gasteiger partial charge in [0.25, 0.3) is 0 Å². The topological polar surface area (TPSA) is 95.5 Å². The number of nitro benzene ring substituents is 2. The summed E-state index contributed by atoms with van der Waals surface area (Å²) in [6, 6.07) is 9.71. The summed E-state index contributed by atoms with van der Waals surface area (Å²) >= 11 is 5.74. The quantitative estimate of drug-likeness (QED) is 0.628. The molecule has 0 N–H and O–H groups in total. The summed E-state index contributed by atoms with van der Waals surface area (Å²) in [6.45, 7) is 0. The number of benzene rings is 2. The Kier molecular flexibility index (Phi) is 3.81. The van der Waals surface area contributed by atoms with Crippen molar-refractivity contribution < 1.29 is 14.6 Å². The third kappa shape index (κ3) is 2.67. The van der Waals surface area contributed by atoms with Gasteiger partial charge in [-0.05, 0) is 18.2 Å². The first-order valence-electron chi connectivity index (χ1n) is 5.35. The van der Waals surface area contributed by atoms with E-state index in [4.69, 9.17) is 16.3 Å². The molecule has 2 aromatic carbocycles. The van der Waals surface area contributed by atoms with Crippen LogP contribution in [0.25, 0.3) is 0 Å². The van der Waals surface area contributed by atoms with E-state index in [-0.39, 0.29) is 22.2 Å². The van der Waals surface area contributed by atoms with E-state index in [1.165, 1.54) is 42.5 Å². The van der Waals surface area contributed by atoms with Gasteiger partial charge in [-0.2, -0.15) is 0 Å². The largest absolute Gasteiger partial charge is 0.443 e. The van der Waals surface area contributed by atoms with E-state index >= 15 is 0 Å². The number of nitrogens with zero attached hydrogens (tertiary/aromatic N) is 2. The number of hydrogen-bond acceptors (Lipinski definition) is 5. The fourth-order valence-corrected chi connectivity index (χ4v) is 1.80. The van der Waals surface area contributed by atoms with Crippen LogP contribution in [-0.2, 0) is 0 Å². The Bertz CT molecular complexity index is 689. The predicted molar refractivity (Wildman–Crippen MR) is 71.3 cm³/mol. The molecule has 0 aliphatic carbocycles. The first-order chi connectivity index (χ1) is 9.50. The average Bonchev–Trinajstić information content (AvgIpc) is 2.38. The van der Waals surface area contributed by atoms with Gasteiger partial charge in [0.1, 0.15) is 5.02 Å². The van der Waals surface area contributed by atoms with Crippen LogP contribution in [0.3, 0.4) is 0 Å². The summed E-state index contributed by atoms with van der Waals surface area (Å²) in [5.41, 5.74) is -0.728. The summed E-state index contributed by atoms with van der Waals surface area (Å²) in [7, 11) is 0. The first-order valence-corrected chi connectivity index (χ1v) is 5.72. The molecular weight excluding hydrogens is 288 g/mol. The molecule has 20 heavy (non-hydrogen) atoms. The maximum atomic E-state index is 11.0. The summed E-state index contributed by atoms with van der Waals surface area (Å²) in [6.07, 6.45) is 0. The lowest BCUT2D eigenvalue weighted by Crippen LogP contribution is -1.97. The molecule has 0 saturated carbocycles. The first kappa shape index (κ1) is 13.8. The number of nitro groups is 2. The Labute approximate surface area is 117 Å². The van der Waals surface area contributed by atoms with Crippen LogP contribution < -0.4 is 4.74 Å². The van der Waals surface area contributed by atoms with Crippen molar-refractivity contribution in [3.8, 4) is 11.5 Å². The minimum absolute atomic E-state index is 0.0946. The van der Waals surface area contributed by atoms with Crippen molar-refractivity contribution >= 4 is 23.0 Å². The molecule has 0 fully saturated rings. The van der Waals surface area contributed by atoms with E-state index in [1.807, 2.05) is 0 Å². The molecule has 0 saturated heterocycles. The number of rotatable bonds is 4.